The van der Waals surface area contributed by atoms with Crippen LogP contribution in [0.25, 0.3) is 10.8 Å². The summed E-state index contributed by atoms with van der Waals surface area (Å²) in [5.41, 5.74) is 5.54. The first-order valence-electron chi connectivity index (χ1n) is 11.2. The zero-order valence-corrected chi connectivity index (χ0v) is 21.3. The van der Waals surface area contributed by atoms with E-state index in [1.807, 2.05) is 36.4 Å². The van der Waals surface area contributed by atoms with Gasteiger partial charge in [0, 0.05) is 5.02 Å². The van der Waals surface area contributed by atoms with Gasteiger partial charge in [0.1, 0.15) is 5.75 Å². The Kier molecular flexibility index (Phi) is 8.17. The molecular weight excluding hydrogens is 512 g/mol. The molecular formula is C27H23ClN4O4S. The van der Waals surface area contributed by atoms with E-state index in [0.29, 0.717) is 16.5 Å². The molecule has 10 heteroatoms. The molecule has 0 unspecified atom stereocenters. The van der Waals surface area contributed by atoms with Crippen LogP contribution in [0.5, 0.6) is 5.75 Å². The van der Waals surface area contributed by atoms with Gasteiger partial charge in [0.25, 0.3) is 5.91 Å². The molecule has 8 nitrogen and oxygen atoms in total. The lowest BCUT2D eigenvalue weighted by molar-refractivity contribution is -0.123. The maximum absolute atomic E-state index is 13.3. The topological polar surface area (TPSA) is 109 Å². The molecule has 0 aliphatic heterocycles. The molecule has 1 amide bonds. The highest BCUT2D eigenvalue weighted by atomic mass is 35.5. The molecule has 0 bridgehead atoms. The summed E-state index contributed by atoms with van der Waals surface area (Å²) in [6, 6.07) is 27.7. The fraction of sp³-hybridized carbons (Fsp3) is 0.0741. The van der Waals surface area contributed by atoms with Crippen LogP contribution in [0.1, 0.15) is 6.92 Å². The average molecular weight is 535 g/mol. The van der Waals surface area contributed by atoms with Gasteiger partial charge in [-0.3, -0.25) is 10.2 Å². The lowest BCUT2D eigenvalue weighted by atomic mass is 10.1. The molecule has 188 valence electrons. The van der Waals surface area contributed by atoms with E-state index in [9.17, 15) is 13.2 Å². The smallest absolute Gasteiger partial charge is 0.277 e. The number of benzene rings is 4. The van der Waals surface area contributed by atoms with Crippen LogP contribution in [0, 0.1) is 0 Å². The summed E-state index contributed by atoms with van der Waals surface area (Å²) < 4.78 is 32.2. The number of carbonyl (C=O) groups excluding carboxylic acids is 1. The highest BCUT2D eigenvalue weighted by molar-refractivity contribution is 8.08. The van der Waals surface area contributed by atoms with Gasteiger partial charge < -0.3 is 4.74 Å². The first-order chi connectivity index (χ1) is 17.8. The zero-order valence-electron chi connectivity index (χ0n) is 19.8. The third kappa shape index (κ3) is 6.72. The Hall–Kier alpha value is -4.21. The van der Waals surface area contributed by atoms with Crippen LogP contribution in [0.2, 0.25) is 5.02 Å². The molecule has 0 aliphatic rings. The summed E-state index contributed by atoms with van der Waals surface area (Å²) in [6.07, 6.45) is 0. The fourth-order valence-electron chi connectivity index (χ4n) is 3.32. The second-order valence-corrected chi connectivity index (χ2v) is 10.2. The number of nitrogens with zero attached hydrogens (tertiary/aromatic N) is 2. The number of anilines is 1. The number of hydrogen-bond acceptors (Lipinski definition) is 7. The van der Waals surface area contributed by atoms with Crippen molar-refractivity contribution in [2.45, 2.75) is 11.8 Å². The number of rotatable bonds is 8. The van der Waals surface area contributed by atoms with Crippen molar-refractivity contribution in [3.05, 3.63) is 102 Å². The first-order valence-corrected chi connectivity index (χ1v) is 13.0. The Balaban J connectivity index is 1.50. The minimum atomic E-state index is -4.05. The summed E-state index contributed by atoms with van der Waals surface area (Å²) in [4.78, 5) is 12.4. The predicted octanol–water partition coefficient (Wildman–Crippen LogP) is 5.26. The second-order valence-electron chi connectivity index (χ2n) is 7.88. The van der Waals surface area contributed by atoms with Crippen LogP contribution >= 0.6 is 11.6 Å². The van der Waals surface area contributed by atoms with Gasteiger partial charge in [-0.1, -0.05) is 60.1 Å². The van der Waals surface area contributed by atoms with E-state index in [1.165, 1.54) is 19.1 Å². The van der Waals surface area contributed by atoms with Crippen LogP contribution in [0.3, 0.4) is 0 Å². The molecule has 4 aromatic rings. The maximum Gasteiger partial charge on any atom is 0.277 e. The summed E-state index contributed by atoms with van der Waals surface area (Å²) >= 11 is 5.91. The van der Waals surface area contributed by atoms with Gasteiger partial charge in [0.15, 0.2) is 6.61 Å². The third-order valence-electron chi connectivity index (χ3n) is 5.19. The number of nitrogens with one attached hydrogen (secondary N) is 2. The predicted molar refractivity (Wildman–Crippen MR) is 147 cm³/mol. The molecule has 2 N–H and O–H groups in total. The molecule has 0 radical (unpaired) electrons. The molecule has 0 aliphatic carbocycles. The lowest BCUT2D eigenvalue weighted by Crippen LogP contribution is -2.30. The van der Waals surface area contributed by atoms with Crippen molar-refractivity contribution >= 4 is 54.6 Å². The van der Waals surface area contributed by atoms with Crippen LogP contribution in [0.15, 0.2) is 112 Å². The molecule has 0 saturated heterocycles. The Morgan fingerprint density at radius 2 is 1.54 bits per heavy atom. The van der Waals surface area contributed by atoms with Crippen molar-refractivity contribution in [3.8, 4) is 5.75 Å². The van der Waals surface area contributed by atoms with Gasteiger partial charge in [0.05, 0.1) is 16.3 Å². The molecule has 0 saturated carbocycles. The number of hydrogen-bond donors (Lipinski definition) is 2. The van der Waals surface area contributed by atoms with Gasteiger partial charge in [-0.2, -0.15) is 10.2 Å². The van der Waals surface area contributed by atoms with Crippen molar-refractivity contribution in [1.29, 1.82) is 0 Å². The molecule has 4 aromatic carbocycles. The van der Waals surface area contributed by atoms with Crippen LogP contribution < -0.4 is 15.6 Å². The monoisotopic (exact) mass is 534 g/mol. The lowest BCUT2D eigenvalue weighted by Gasteiger charge is -2.10. The normalized spacial score (nSPS) is 12.3. The highest BCUT2D eigenvalue weighted by Gasteiger charge is 2.26. The molecule has 0 aromatic heterocycles. The number of fused-ring (bicyclic) bond motifs is 1. The van der Waals surface area contributed by atoms with Crippen LogP contribution in [0.4, 0.5) is 5.69 Å². The highest BCUT2D eigenvalue weighted by Crippen LogP contribution is 2.20. The minimum Gasteiger partial charge on any atom is -0.484 e. The number of halogens is 1. The van der Waals surface area contributed by atoms with E-state index in [-0.39, 0.29) is 22.3 Å². The summed E-state index contributed by atoms with van der Waals surface area (Å²) in [5, 5.41) is 10.3. The van der Waals surface area contributed by atoms with E-state index >= 15 is 0 Å². The van der Waals surface area contributed by atoms with E-state index in [1.54, 1.807) is 48.5 Å². The molecule has 4 rings (SSSR count). The summed E-state index contributed by atoms with van der Waals surface area (Å²) in [7, 11) is -4.05. The number of carbonyl (C=O) groups is 1. The standard InChI is InChI=1S/C27H23ClN4O4S/c1-19(29-31-26(33)18-36-24-16-11-20-7-5-6-8-21(20)17-24)27(32-30-23-14-12-22(28)13-15-23)37(34,35)25-9-3-2-4-10-25/h2-17,30H,18H2,1H3,(H,31,33)/b29-19+,32-27+. The van der Waals surface area contributed by atoms with E-state index < -0.39 is 15.7 Å². The molecule has 0 heterocycles. The first kappa shape index (κ1) is 25.9. The third-order valence-corrected chi connectivity index (χ3v) is 7.23. The van der Waals surface area contributed by atoms with Crippen molar-refractivity contribution in [2.24, 2.45) is 10.2 Å². The van der Waals surface area contributed by atoms with Gasteiger partial charge in [-0.05, 0) is 66.2 Å². The minimum absolute atomic E-state index is 0.0237. The van der Waals surface area contributed by atoms with Gasteiger partial charge in [-0.25, -0.2) is 13.8 Å². The number of amides is 1. The number of sulfone groups is 1. The van der Waals surface area contributed by atoms with Gasteiger partial charge in [0.2, 0.25) is 14.9 Å². The largest absolute Gasteiger partial charge is 0.484 e. The Morgan fingerprint density at radius 1 is 0.865 bits per heavy atom. The Morgan fingerprint density at radius 3 is 2.27 bits per heavy atom. The van der Waals surface area contributed by atoms with Crippen molar-refractivity contribution in [1.82, 2.24) is 5.43 Å². The van der Waals surface area contributed by atoms with E-state index in [4.69, 9.17) is 16.3 Å². The van der Waals surface area contributed by atoms with Crippen LogP contribution in [-0.4, -0.2) is 31.7 Å². The quantitative estimate of drug-likeness (QED) is 0.182. The maximum atomic E-state index is 13.3. The molecule has 0 spiro atoms. The fourth-order valence-corrected chi connectivity index (χ4v) is 4.78. The van der Waals surface area contributed by atoms with Crippen molar-refractivity contribution < 1.29 is 17.9 Å². The summed E-state index contributed by atoms with van der Waals surface area (Å²) in [5.74, 6) is -0.0368. The average Bonchev–Trinajstić information content (AvgIpc) is 2.92. The zero-order chi connectivity index (χ0) is 26.3. The van der Waals surface area contributed by atoms with Crippen LogP contribution in [-0.2, 0) is 14.6 Å². The summed E-state index contributed by atoms with van der Waals surface area (Å²) in [6.45, 7) is 1.13. The number of ether oxygens (including phenoxy) is 1. The SMILES string of the molecule is CC(=N\NC(=O)COc1ccc2ccccc2c1)/C(=N\Nc1ccc(Cl)cc1)S(=O)(=O)c1ccccc1. The molecule has 37 heavy (non-hydrogen) atoms. The second kappa shape index (κ2) is 11.7. The number of hydrazone groups is 2. The van der Waals surface area contributed by atoms with Crippen molar-refractivity contribution in [3.63, 3.8) is 0 Å². The molecule has 0 fully saturated rings. The van der Waals surface area contributed by atoms with E-state index in [2.05, 4.69) is 21.1 Å². The van der Waals surface area contributed by atoms with E-state index in [0.717, 1.165) is 10.8 Å². The Bertz CT molecular complexity index is 1570. The molecule has 0 atom stereocenters. The Labute approximate surface area is 219 Å². The van der Waals surface area contributed by atoms with Crippen molar-refractivity contribution in [2.75, 3.05) is 12.0 Å². The van der Waals surface area contributed by atoms with Gasteiger partial charge in [-0.15, -0.1) is 0 Å². The van der Waals surface area contributed by atoms with Gasteiger partial charge >= 0.3 is 0 Å².